The maximum absolute atomic E-state index is 12.1. The third-order valence-electron chi connectivity index (χ3n) is 3.26. The minimum absolute atomic E-state index is 0.0357. The largest absolute Gasteiger partial charge is 0.349 e. The van der Waals surface area contributed by atoms with E-state index in [2.05, 4.69) is 10.6 Å². The molecule has 110 valence electrons. The summed E-state index contributed by atoms with van der Waals surface area (Å²) in [6, 6.07) is 5.57. The Balaban J connectivity index is 1.91. The molecule has 6 heteroatoms. The lowest BCUT2D eigenvalue weighted by Crippen LogP contribution is -2.41. The second kappa shape index (κ2) is 7.55. The van der Waals surface area contributed by atoms with Crippen molar-refractivity contribution in [2.45, 2.75) is 25.4 Å². The zero-order valence-electron chi connectivity index (χ0n) is 11.3. The number of halogens is 2. The molecular formula is C14H18Cl2N2OS. The minimum atomic E-state index is -0.148. The number of amides is 1. The molecule has 2 N–H and O–H groups in total. The molecule has 20 heavy (non-hydrogen) atoms. The third-order valence-corrected chi connectivity index (χ3v) is 5.22. The van der Waals surface area contributed by atoms with Crippen LogP contribution in [0.5, 0.6) is 0 Å². The molecule has 0 spiro atoms. The fourth-order valence-electron chi connectivity index (χ4n) is 2.21. The quantitative estimate of drug-likeness (QED) is 0.889. The first-order valence-electron chi connectivity index (χ1n) is 6.62. The van der Waals surface area contributed by atoms with Crippen LogP contribution in [0.15, 0.2) is 18.2 Å². The predicted molar refractivity (Wildman–Crippen MR) is 86.8 cm³/mol. The second-order valence-electron chi connectivity index (χ2n) is 4.86. The van der Waals surface area contributed by atoms with Crippen LogP contribution < -0.4 is 10.6 Å². The Labute approximate surface area is 133 Å². The van der Waals surface area contributed by atoms with Crippen molar-refractivity contribution < 1.29 is 4.79 Å². The van der Waals surface area contributed by atoms with E-state index in [1.54, 1.807) is 6.07 Å². The van der Waals surface area contributed by atoms with E-state index >= 15 is 0 Å². The van der Waals surface area contributed by atoms with Crippen molar-refractivity contribution in [3.63, 3.8) is 0 Å². The molecule has 3 nitrogen and oxygen atoms in total. The first-order valence-corrected chi connectivity index (χ1v) is 8.53. The topological polar surface area (TPSA) is 41.1 Å². The average molecular weight is 333 g/mol. The van der Waals surface area contributed by atoms with Crippen molar-refractivity contribution in [2.24, 2.45) is 0 Å². The van der Waals surface area contributed by atoms with Gasteiger partial charge in [-0.1, -0.05) is 35.3 Å². The highest BCUT2D eigenvalue weighted by atomic mass is 35.5. The minimum Gasteiger partial charge on any atom is -0.349 e. The van der Waals surface area contributed by atoms with Gasteiger partial charge in [-0.25, -0.2) is 0 Å². The Morgan fingerprint density at radius 1 is 1.55 bits per heavy atom. The van der Waals surface area contributed by atoms with Crippen LogP contribution in [0, 0.1) is 0 Å². The molecule has 2 rings (SSSR count). The van der Waals surface area contributed by atoms with Gasteiger partial charge >= 0.3 is 0 Å². The molecule has 0 aliphatic carbocycles. The van der Waals surface area contributed by atoms with E-state index < -0.39 is 0 Å². The Hall–Kier alpha value is -0.420. The van der Waals surface area contributed by atoms with Crippen molar-refractivity contribution >= 4 is 40.9 Å². The summed E-state index contributed by atoms with van der Waals surface area (Å²) in [4.78, 5) is 12.1. The number of benzene rings is 1. The summed E-state index contributed by atoms with van der Waals surface area (Å²) in [5.41, 5.74) is 0.846. The summed E-state index contributed by atoms with van der Waals surface area (Å²) in [5.74, 6) is 2.14. The van der Waals surface area contributed by atoms with Crippen LogP contribution in [0.2, 0.25) is 10.0 Å². The van der Waals surface area contributed by atoms with E-state index in [9.17, 15) is 4.79 Å². The zero-order chi connectivity index (χ0) is 14.5. The molecule has 1 heterocycles. The maximum atomic E-state index is 12.1. The van der Waals surface area contributed by atoms with Gasteiger partial charge in [-0.15, -0.1) is 0 Å². The fourth-order valence-corrected chi connectivity index (χ4v) is 3.63. The molecule has 0 aromatic heterocycles. The van der Waals surface area contributed by atoms with Crippen LogP contribution in [0.25, 0.3) is 0 Å². The van der Waals surface area contributed by atoms with Crippen molar-refractivity contribution in [3.05, 3.63) is 33.8 Å². The van der Waals surface area contributed by atoms with Crippen molar-refractivity contribution in [3.8, 4) is 0 Å². The SMILES string of the molecule is CC(NC(=O)CC1CSCCN1)c1cccc(Cl)c1Cl. The third kappa shape index (κ3) is 4.29. The first-order chi connectivity index (χ1) is 9.58. The van der Waals surface area contributed by atoms with Crippen LogP contribution in [0.3, 0.4) is 0 Å². The number of nitrogens with one attached hydrogen (secondary N) is 2. The lowest BCUT2D eigenvalue weighted by atomic mass is 10.1. The first kappa shape index (κ1) is 16.0. The maximum Gasteiger partial charge on any atom is 0.222 e. The molecule has 1 saturated heterocycles. The van der Waals surface area contributed by atoms with Gasteiger partial charge in [0.15, 0.2) is 0 Å². The number of hydrogen-bond acceptors (Lipinski definition) is 3. The molecule has 0 saturated carbocycles. The van der Waals surface area contributed by atoms with Gasteiger partial charge in [0.2, 0.25) is 5.91 Å². The highest BCUT2D eigenvalue weighted by molar-refractivity contribution is 7.99. The van der Waals surface area contributed by atoms with Gasteiger partial charge in [-0.05, 0) is 18.6 Å². The summed E-state index contributed by atoms with van der Waals surface area (Å²) in [6.07, 6.45) is 0.496. The normalized spacial score (nSPS) is 20.4. The molecule has 0 bridgehead atoms. The highest BCUT2D eigenvalue weighted by Gasteiger charge is 2.19. The van der Waals surface area contributed by atoms with Crippen LogP contribution >= 0.6 is 35.0 Å². The molecule has 1 amide bonds. The van der Waals surface area contributed by atoms with Gasteiger partial charge in [0.05, 0.1) is 16.1 Å². The molecular weight excluding hydrogens is 315 g/mol. The lowest BCUT2D eigenvalue weighted by molar-refractivity contribution is -0.122. The van der Waals surface area contributed by atoms with Crippen molar-refractivity contribution in [1.82, 2.24) is 10.6 Å². The number of thioether (sulfide) groups is 1. The van der Waals surface area contributed by atoms with E-state index in [0.29, 0.717) is 16.5 Å². The van der Waals surface area contributed by atoms with Crippen LogP contribution in [0.4, 0.5) is 0 Å². The Kier molecular flexibility index (Phi) is 6.02. The Bertz CT molecular complexity index is 478. The Morgan fingerprint density at radius 2 is 2.35 bits per heavy atom. The summed E-state index contributed by atoms with van der Waals surface area (Å²) in [6.45, 7) is 2.89. The predicted octanol–water partition coefficient (Wildman–Crippen LogP) is 3.27. The lowest BCUT2D eigenvalue weighted by Gasteiger charge is -2.23. The number of carbonyl (C=O) groups excluding carboxylic acids is 1. The van der Waals surface area contributed by atoms with Gasteiger partial charge in [0, 0.05) is 30.5 Å². The molecule has 0 radical (unpaired) electrons. The van der Waals surface area contributed by atoms with Crippen LogP contribution in [-0.2, 0) is 4.79 Å². The molecule has 1 aromatic rings. The van der Waals surface area contributed by atoms with E-state index in [0.717, 1.165) is 23.6 Å². The standard InChI is InChI=1S/C14H18Cl2N2OS/c1-9(11-3-2-4-12(15)14(11)16)18-13(19)7-10-8-20-6-5-17-10/h2-4,9-10,17H,5-8H2,1H3,(H,18,19). The van der Waals surface area contributed by atoms with Crippen molar-refractivity contribution in [1.29, 1.82) is 0 Å². The number of rotatable bonds is 4. The molecule has 1 aromatic carbocycles. The van der Waals surface area contributed by atoms with Gasteiger partial charge < -0.3 is 10.6 Å². The number of carbonyl (C=O) groups is 1. The fraction of sp³-hybridized carbons (Fsp3) is 0.500. The summed E-state index contributed by atoms with van der Waals surface area (Å²) in [5, 5.41) is 7.35. The van der Waals surface area contributed by atoms with Gasteiger partial charge in [-0.3, -0.25) is 4.79 Å². The van der Waals surface area contributed by atoms with Crippen LogP contribution in [-0.4, -0.2) is 30.0 Å². The van der Waals surface area contributed by atoms with E-state index in [-0.39, 0.29) is 18.0 Å². The van der Waals surface area contributed by atoms with Crippen LogP contribution in [0.1, 0.15) is 24.9 Å². The monoisotopic (exact) mass is 332 g/mol. The second-order valence-corrected chi connectivity index (χ2v) is 6.80. The smallest absolute Gasteiger partial charge is 0.222 e. The van der Waals surface area contributed by atoms with Gasteiger partial charge in [-0.2, -0.15) is 11.8 Å². The molecule has 2 atom stereocenters. The van der Waals surface area contributed by atoms with E-state index in [4.69, 9.17) is 23.2 Å². The van der Waals surface area contributed by atoms with E-state index in [1.807, 2.05) is 30.8 Å². The van der Waals surface area contributed by atoms with E-state index in [1.165, 1.54) is 0 Å². The van der Waals surface area contributed by atoms with Crippen molar-refractivity contribution in [2.75, 3.05) is 18.1 Å². The van der Waals surface area contributed by atoms with Gasteiger partial charge in [0.1, 0.15) is 0 Å². The summed E-state index contributed by atoms with van der Waals surface area (Å²) < 4.78 is 0. The molecule has 1 aliphatic rings. The Morgan fingerprint density at radius 3 is 3.05 bits per heavy atom. The molecule has 1 fully saturated rings. The average Bonchev–Trinajstić information content (AvgIpc) is 2.42. The zero-order valence-corrected chi connectivity index (χ0v) is 13.6. The van der Waals surface area contributed by atoms with Gasteiger partial charge in [0.25, 0.3) is 0 Å². The molecule has 2 unspecified atom stereocenters. The summed E-state index contributed by atoms with van der Waals surface area (Å²) >= 11 is 14.0. The summed E-state index contributed by atoms with van der Waals surface area (Å²) in [7, 11) is 0. The molecule has 1 aliphatic heterocycles. The highest BCUT2D eigenvalue weighted by Crippen LogP contribution is 2.29. The number of hydrogen-bond donors (Lipinski definition) is 2.